The first kappa shape index (κ1) is 20.8. The Hall–Kier alpha value is -3.80. The molecule has 0 unspecified atom stereocenters. The first-order valence-corrected chi connectivity index (χ1v) is 11.5. The lowest BCUT2D eigenvalue weighted by Crippen LogP contribution is -2.23. The number of fused-ring (bicyclic) bond motifs is 4. The Morgan fingerprint density at radius 2 is 2.00 bits per heavy atom. The standard InChI is InChI=1S/C28H26N5O/c1-16(26(34)22-13-31-33-8-6-7-29-27(22)33)9-18-10-19-12-28(3,4)25-17(2)24(25)21(19)11-20(18)23-14-32(5)15-30-23/h6-11,13-15H,12H2,1-5H3/b16-9-. The second-order valence-corrected chi connectivity index (χ2v) is 10.1. The zero-order valence-electron chi connectivity index (χ0n) is 20.0. The Morgan fingerprint density at radius 1 is 1.18 bits per heavy atom. The number of benzene rings is 1. The van der Waals surface area contributed by atoms with E-state index in [1.165, 1.54) is 28.2 Å². The summed E-state index contributed by atoms with van der Waals surface area (Å²) >= 11 is 0. The van der Waals surface area contributed by atoms with Crippen molar-refractivity contribution >= 4 is 23.1 Å². The summed E-state index contributed by atoms with van der Waals surface area (Å²) in [6.07, 6.45) is 11.9. The predicted molar refractivity (Wildman–Crippen MR) is 133 cm³/mol. The fraction of sp³-hybridized carbons (Fsp3) is 0.250. The van der Waals surface area contributed by atoms with Gasteiger partial charge < -0.3 is 4.57 Å². The molecule has 2 aliphatic rings. The molecule has 34 heavy (non-hydrogen) atoms. The third kappa shape index (κ3) is 3.09. The lowest BCUT2D eigenvalue weighted by Gasteiger charge is -2.32. The number of allylic oxidation sites excluding steroid dienone is 3. The van der Waals surface area contributed by atoms with Crippen molar-refractivity contribution in [1.82, 2.24) is 24.1 Å². The zero-order chi connectivity index (χ0) is 23.8. The van der Waals surface area contributed by atoms with Gasteiger partial charge in [-0.05, 0) is 71.7 Å². The van der Waals surface area contributed by atoms with E-state index in [-0.39, 0.29) is 11.2 Å². The van der Waals surface area contributed by atoms with Crippen LogP contribution in [0.1, 0.15) is 54.7 Å². The molecule has 0 fully saturated rings. The Morgan fingerprint density at radius 3 is 2.76 bits per heavy atom. The van der Waals surface area contributed by atoms with E-state index in [0.29, 0.717) is 16.8 Å². The minimum Gasteiger partial charge on any atom is -0.340 e. The van der Waals surface area contributed by atoms with E-state index in [1.54, 1.807) is 29.2 Å². The Balaban J connectivity index is 1.49. The van der Waals surface area contributed by atoms with Crippen molar-refractivity contribution in [2.45, 2.75) is 34.1 Å². The van der Waals surface area contributed by atoms with Gasteiger partial charge in [0.1, 0.15) is 0 Å². The van der Waals surface area contributed by atoms with Gasteiger partial charge in [0, 0.05) is 37.1 Å². The van der Waals surface area contributed by atoms with Gasteiger partial charge in [-0.3, -0.25) is 4.79 Å². The van der Waals surface area contributed by atoms with Crippen LogP contribution in [0.4, 0.5) is 0 Å². The van der Waals surface area contributed by atoms with Crippen molar-refractivity contribution in [3.63, 3.8) is 0 Å². The highest BCUT2D eigenvalue weighted by Gasteiger charge is 2.50. The van der Waals surface area contributed by atoms with Gasteiger partial charge in [0.05, 0.1) is 23.8 Å². The van der Waals surface area contributed by atoms with Crippen LogP contribution >= 0.6 is 0 Å². The number of hydrogen-bond donors (Lipinski definition) is 0. The van der Waals surface area contributed by atoms with Crippen molar-refractivity contribution in [1.29, 1.82) is 0 Å². The van der Waals surface area contributed by atoms with Crippen LogP contribution in [0.5, 0.6) is 0 Å². The minimum absolute atomic E-state index is 0.0740. The second kappa shape index (κ2) is 7.10. The maximum absolute atomic E-state index is 13.4. The lowest BCUT2D eigenvalue weighted by atomic mass is 9.71. The van der Waals surface area contributed by atoms with E-state index in [1.807, 2.05) is 37.1 Å². The van der Waals surface area contributed by atoms with Crippen LogP contribution in [-0.2, 0) is 13.5 Å². The van der Waals surface area contributed by atoms with Gasteiger partial charge >= 0.3 is 0 Å². The molecule has 6 heteroatoms. The minimum atomic E-state index is -0.0740. The van der Waals surface area contributed by atoms with E-state index in [4.69, 9.17) is 0 Å². The van der Waals surface area contributed by atoms with Gasteiger partial charge in [-0.2, -0.15) is 5.10 Å². The van der Waals surface area contributed by atoms with Gasteiger partial charge in [0.2, 0.25) is 0 Å². The zero-order valence-corrected chi connectivity index (χ0v) is 20.0. The summed E-state index contributed by atoms with van der Waals surface area (Å²) in [5.41, 5.74) is 10.2. The van der Waals surface area contributed by atoms with E-state index >= 15 is 0 Å². The van der Waals surface area contributed by atoms with Crippen LogP contribution in [0.2, 0.25) is 0 Å². The number of carbonyl (C=O) groups is 1. The van der Waals surface area contributed by atoms with Crippen LogP contribution in [0, 0.1) is 11.3 Å². The molecule has 1 aromatic carbocycles. The summed E-state index contributed by atoms with van der Waals surface area (Å²) < 4.78 is 3.58. The largest absolute Gasteiger partial charge is 0.340 e. The molecule has 0 aliphatic heterocycles. The highest BCUT2D eigenvalue weighted by atomic mass is 16.1. The summed E-state index contributed by atoms with van der Waals surface area (Å²) in [4.78, 5) is 22.4. The molecule has 6 nitrogen and oxygen atoms in total. The first-order chi connectivity index (χ1) is 16.2. The van der Waals surface area contributed by atoms with Gasteiger partial charge in [0.15, 0.2) is 11.4 Å². The number of imidazole rings is 1. The van der Waals surface area contributed by atoms with Crippen LogP contribution < -0.4 is 0 Å². The van der Waals surface area contributed by atoms with Gasteiger partial charge in [-0.15, -0.1) is 0 Å². The highest BCUT2D eigenvalue weighted by molar-refractivity contribution is 6.14. The van der Waals surface area contributed by atoms with E-state index < -0.39 is 0 Å². The van der Waals surface area contributed by atoms with E-state index in [2.05, 4.69) is 48.0 Å². The molecule has 169 valence electrons. The third-order valence-electron chi connectivity index (χ3n) is 7.03. The normalized spacial score (nSPS) is 17.1. The van der Waals surface area contributed by atoms with Gasteiger partial charge in [0.25, 0.3) is 0 Å². The number of nitrogens with zero attached hydrogens (tertiary/aromatic N) is 5. The summed E-state index contributed by atoms with van der Waals surface area (Å²) in [5, 5.41) is 4.28. The summed E-state index contributed by atoms with van der Waals surface area (Å²) in [5.74, 6) is 1.43. The molecule has 0 amide bonds. The number of Topliss-reactive ketones (excluding diaryl/α,β-unsaturated/α-hetero) is 1. The number of ketones is 1. The number of aryl methyl sites for hydroxylation is 1. The van der Waals surface area contributed by atoms with Crippen LogP contribution in [0.25, 0.3) is 28.6 Å². The molecule has 0 saturated heterocycles. The molecule has 0 atom stereocenters. The molecule has 4 aromatic rings. The lowest BCUT2D eigenvalue weighted by molar-refractivity contribution is 0.103. The molecule has 3 aromatic heterocycles. The quantitative estimate of drug-likeness (QED) is 0.311. The maximum atomic E-state index is 13.4. The predicted octanol–water partition coefficient (Wildman–Crippen LogP) is 5.36. The van der Waals surface area contributed by atoms with E-state index in [9.17, 15) is 4.79 Å². The molecule has 3 heterocycles. The van der Waals surface area contributed by atoms with Crippen LogP contribution in [-0.4, -0.2) is 29.9 Å². The number of rotatable bonds is 4. The molecule has 2 aliphatic carbocycles. The first-order valence-electron chi connectivity index (χ1n) is 11.5. The monoisotopic (exact) mass is 448 g/mol. The molecule has 0 saturated carbocycles. The fourth-order valence-corrected chi connectivity index (χ4v) is 5.46. The Kier molecular flexibility index (Phi) is 4.34. The molecule has 1 radical (unpaired) electrons. The van der Waals surface area contributed by atoms with Crippen molar-refractivity contribution < 1.29 is 4.79 Å². The van der Waals surface area contributed by atoms with Crippen molar-refractivity contribution in [2.24, 2.45) is 12.5 Å². The van der Waals surface area contributed by atoms with Gasteiger partial charge in [-0.25, -0.2) is 14.5 Å². The smallest absolute Gasteiger partial charge is 0.194 e. The Bertz CT molecular complexity index is 1560. The van der Waals surface area contributed by atoms with E-state index in [0.717, 1.165) is 23.2 Å². The molecule has 0 N–H and O–H groups in total. The summed E-state index contributed by atoms with van der Waals surface area (Å²) in [6, 6.07) is 6.31. The molecule has 0 spiro atoms. The maximum Gasteiger partial charge on any atom is 0.194 e. The third-order valence-corrected chi connectivity index (χ3v) is 7.03. The van der Waals surface area contributed by atoms with Crippen molar-refractivity contribution in [3.8, 4) is 11.3 Å². The summed E-state index contributed by atoms with van der Waals surface area (Å²) in [6.45, 7) is 8.72. The number of hydrogen-bond acceptors (Lipinski definition) is 4. The Labute approximate surface area is 198 Å². The topological polar surface area (TPSA) is 65.1 Å². The molecule has 6 rings (SSSR count). The van der Waals surface area contributed by atoms with Crippen LogP contribution in [0.3, 0.4) is 0 Å². The average molecular weight is 449 g/mol. The highest BCUT2D eigenvalue weighted by Crippen LogP contribution is 2.63. The average Bonchev–Trinajstić information content (AvgIpc) is 3.12. The fourth-order valence-electron chi connectivity index (χ4n) is 5.46. The number of aromatic nitrogens is 5. The molecule has 0 bridgehead atoms. The van der Waals surface area contributed by atoms with Gasteiger partial charge in [-0.1, -0.05) is 25.5 Å². The molecular weight excluding hydrogens is 422 g/mol. The SMILES string of the molecule is CC1=C2[C]1C(C)(C)Cc1cc(/C=C(/C)C(=O)c3cnn4cccnc34)c(-c3cn(C)cn3)cc12. The van der Waals surface area contributed by atoms with Crippen LogP contribution in [0.15, 0.2) is 60.5 Å². The van der Waals surface area contributed by atoms with Crippen molar-refractivity contribution in [3.05, 3.63) is 88.6 Å². The second-order valence-electron chi connectivity index (χ2n) is 10.1. The number of carbonyl (C=O) groups excluding carboxylic acids is 1. The van der Waals surface area contributed by atoms with Crippen molar-refractivity contribution in [2.75, 3.05) is 0 Å². The molecular formula is C28H26N5O. The summed E-state index contributed by atoms with van der Waals surface area (Å²) in [7, 11) is 1.97.